The number of nitrogens with one attached hydrogen (secondary N) is 1. The third-order valence-electron chi connectivity index (χ3n) is 4.53. The van der Waals surface area contributed by atoms with Crippen LogP contribution < -0.4 is 5.32 Å². The highest BCUT2D eigenvalue weighted by molar-refractivity contribution is 9.10. The molecular formula is C19H15BrF2N4O2. The Labute approximate surface area is 167 Å². The van der Waals surface area contributed by atoms with E-state index in [0.29, 0.717) is 18.7 Å². The van der Waals surface area contributed by atoms with Gasteiger partial charge in [0.15, 0.2) is 0 Å². The minimum atomic E-state index is -0.776. The molecule has 1 unspecified atom stereocenters. The summed E-state index contributed by atoms with van der Waals surface area (Å²) < 4.78 is 33.1. The number of urea groups is 1. The molecule has 4 rings (SSSR count). The zero-order chi connectivity index (χ0) is 19.7. The first-order valence-electron chi connectivity index (χ1n) is 8.64. The number of likely N-dealkylation sites (tertiary alicyclic amines) is 1. The van der Waals surface area contributed by atoms with E-state index in [1.807, 2.05) is 18.2 Å². The maximum atomic E-state index is 14.0. The summed E-state index contributed by atoms with van der Waals surface area (Å²) >= 11 is 3.40. The first-order valence-corrected chi connectivity index (χ1v) is 9.43. The Hall–Kier alpha value is -2.81. The molecule has 144 valence electrons. The van der Waals surface area contributed by atoms with Crippen molar-refractivity contribution in [2.24, 2.45) is 0 Å². The Morgan fingerprint density at radius 3 is 2.86 bits per heavy atom. The number of hydrogen-bond donors (Lipinski definition) is 1. The number of carbonyl (C=O) groups excluding carboxylic acids is 1. The summed E-state index contributed by atoms with van der Waals surface area (Å²) in [5, 5.41) is 6.65. The number of hydrogen-bond acceptors (Lipinski definition) is 4. The van der Waals surface area contributed by atoms with E-state index in [4.69, 9.17) is 4.52 Å². The van der Waals surface area contributed by atoms with Crippen LogP contribution in [0, 0.1) is 11.6 Å². The molecule has 1 aromatic heterocycles. The Bertz CT molecular complexity index is 1030. The van der Waals surface area contributed by atoms with E-state index in [0.717, 1.165) is 23.0 Å². The first kappa shape index (κ1) is 18.5. The summed E-state index contributed by atoms with van der Waals surface area (Å²) in [7, 11) is 0. The molecule has 2 aromatic carbocycles. The molecular weight excluding hydrogens is 434 g/mol. The van der Waals surface area contributed by atoms with Crippen LogP contribution >= 0.6 is 15.9 Å². The van der Waals surface area contributed by atoms with E-state index < -0.39 is 17.7 Å². The van der Waals surface area contributed by atoms with Gasteiger partial charge < -0.3 is 14.7 Å². The van der Waals surface area contributed by atoms with E-state index in [2.05, 4.69) is 31.4 Å². The van der Waals surface area contributed by atoms with Crippen molar-refractivity contribution in [3.05, 3.63) is 64.5 Å². The van der Waals surface area contributed by atoms with Gasteiger partial charge in [-0.1, -0.05) is 17.3 Å². The highest BCUT2D eigenvalue weighted by Gasteiger charge is 2.34. The third-order valence-corrected chi connectivity index (χ3v) is 5.22. The van der Waals surface area contributed by atoms with Crippen LogP contribution in [0.15, 0.2) is 51.5 Å². The molecule has 0 saturated carbocycles. The lowest BCUT2D eigenvalue weighted by atomic mass is 10.2. The van der Waals surface area contributed by atoms with Gasteiger partial charge in [-0.3, -0.25) is 0 Å². The topological polar surface area (TPSA) is 71.3 Å². The monoisotopic (exact) mass is 448 g/mol. The standard InChI is InChI=1S/C19H15BrF2N4O2/c20-13-4-1-2-5-15(13)23-19(27)26-9-3-6-16(26)18-24-17(25-28-18)12-8-7-11(21)10-14(12)22/h1-2,4-5,7-8,10,16H,3,6,9H2,(H,23,27). The molecule has 1 atom stereocenters. The Balaban J connectivity index is 1.55. The van der Waals surface area contributed by atoms with Crippen molar-refractivity contribution in [1.29, 1.82) is 0 Å². The second-order valence-electron chi connectivity index (χ2n) is 6.34. The summed E-state index contributed by atoms with van der Waals surface area (Å²) in [6.07, 6.45) is 1.42. The number of carbonyl (C=O) groups is 1. The van der Waals surface area contributed by atoms with Crippen LogP contribution in [0.25, 0.3) is 11.4 Å². The van der Waals surface area contributed by atoms with Crippen LogP contribution in [0.3, 0.4) is 0 Å². The van der Waals surface area contributed by atoms with Crippen molar-refractivity contribution in [2.45, 2.75) is 18.9 Å². The van der Waals surface area contributed by atoms with Gasteiger partial charge in [-0.05, 0) is 53.0 Å². The van der Waals surface area contributed by atoms with Crippen molar-refractivity contribution < 1.29 is 18.1 Å². The molecule has 1 fully saturated rings. The second-order valence-corrected chi connectivity index (χ2v) is 7.20. The van der Waals surface area contributed by atoms with Crippen LogP contribution in [0.4, 0.5) is 19.3 Å². The minimum Gasteiger partial charge on any atom is -0.337 e. The summed E-state index contributed by atoms with van der Waals surface area (Å²) in [6, 6.07) is 9.74. The lowest BCUT2D eigenvalue weighted by Crippen LogP contribution is -2.34. The molecule has 1 aliphatic heterocycles. The zero-order valence-corrected chi connectivity index (χ0v) is 16.1. The smallest absolute Gasteiger partial charge is 0.322 e. The van der Waals surface area contributed by atoms with E-state index in [1.54, 1.807) is 11.0 Å². The normalized spacial score (nSPS) is 16.4. The molecule has 28 heavy (non-hydrogen) atoms. The van der Waals surface area contributed by atoms with Crippen LogP contribution in [-0.2, 0) is 0 Å². The number of anilines is 1. The minimum absolute atomic E-state index is 0.0190. The van der Waals surface area contributed by atoms with Crippen LogP contribution in [0.5, 0.6) is 0 Å². The molecule has 0 radical (unpaired) electrons. The van der Waals surface area contributed by atoms with Gasteiger partial charge in [-0.2, -0.15) is 4.98 Å². The number of halogens is 3. The third kappa shape index (κ3) is 3.62. The quantitative estimate of drug-likeness (QED) is 0.601. The van der Waals surface area contributed by atoms with Gasteiger partial charge in [0.25, 0.3) is 0 Å². The van der Waals surface area contributed by atoms with Crippen molar-refractivity contribution >= 4 is 27.6 Å². The Kier molecular flexibility index (Phi) is 5.08. The van der Waals surface area contributed by atoms with Gasteiger partial charge in [-0.25, -0.2) is 13.6 Å². The molecule has 1 saturated heterocycles. The molecule has 9 heteroatoms. The maximum Gasteiger partial charge on any atom is 0.322 e. The summed E-state index contributed by atoms with van der Waals surface area (Å²) in [4.78, 5) is 18.6. The molecule has 1 N–H and O–H groups in total. The number of nitrogens with zero attached hydrogens (tertiary/aromatic N) is 3. The Morgan fingerprint density at radius 2 is 2.07 bits per heavy atom. The maximum absolute atomic E-state index is 14.0. The van der Waals surface area contributed by atoms with Crippen molar-refractivity contribution in [3.63, 3.8) is 0 Å². The fourth-order valence-corrected chi connectivity index (χ4v) is 3.55. The summed E-state index contributed by atoms with van der Waals surface area (Å²) in [6.45, 7) is 0.531. The average Bonchev–Trinajstić information content (AvgIpc) is 3.32. The Morgan fingerprint density at radius 1 is 1.25 bits per heavy atom. The lowest BCUT2D eigenvalue weighted by molar-refractivity contribution is 0.193. The van der Waals surface area contributed by atoms with Crippen LogP contribution in [0.1, 0.15) is 24.8 Å². The lowest BCUT2D eigenvalue weighted by Gasteiger charge is -2.22. The fourth-order valence-electron chi connectivity index (χ4n) is 3.17. The van der Waals surface area contributed by atoms with E-state index >= 15 is 0 Å². The van der Waals surface area contributed by atoms with Crippen molar-refractivity contribution in [2.75, 3.05) is 11.9 Å². The van der Waals surface area contributed by atoms with Gasteiger partial charge in [0.1, 0.15) is 17.7 Å². The molecule has 2 amide bonds. The van der Waals surface area contributed by atoms with Gasteiger partial charge >= 0.3 is 6.03 Å². The predicted octanol–water partition coefficient (Wildman–Crippen LogP) is 5.15. The SMILES string of the molecule is O=C(Nc1ccccc1Br)N1CCCC1c1nc(-c2ccc(F)cc2F)no1. The molecule has 2 heterocycles. The number of aromatic nitrogens is 2. The average molecular weight is 449 g/mol. The van der Waals surface area contributed by atoms with Crippen LogP contribution in [0.2, 0.25) is 0 Å². The van der Waals surface area contributed by atoms with Crippen molar-refractivity contribution in [1.82, 2.24) is 15.0 Å². The molecule has 3 aromatic rings. The molecule has 0 aliphatic carbocycles. The zero-order valence-electron chi connectivity index (χ0n) is 14.5. The molecule has 1 aliphatic rings. The van der Waals surface area contributed by atoms with Gasteiger partial charge in [0.2, 0.25) is 11.7 Å². The van der Waals surface area contributed by atoms with E-state index in [9.17, 15) is 13.6 Å². The summed E-state index contributed by atoms with van der Waals surface area (Å²) in [5.74, 6) is -1.22. The van der Waals surface area contributed by atoms with E-state index in [1.165, 1.54) is 6.07 Å². The second kappa shape index (κ2) is 7.67. The molecule has 0 spiro atoms. The molecule has 6 nitrogen and oxygen atoms in total. The number of rotatable bonds is 3. The van der Waals surface area contributed by atoms with E-state index in [-0.39, 0.29) is 23.3 Å². The first-order chi connectivity index (χ1) is 13.5. The summed E-state index contributed by atoms with van der Waals surface area (Å²) in [5.41, 5.74) is 0.691. The number of para-hydroxylation sites is 1. The van der Waals surface area contributed by atoms with Gasteiger partial charge in [0, 0.05) is 17.1 Å². The number of benzene rings is 2. The number of amides is 2. The highest BCUT2D eigenvalue weighted by atomic mass is 79.9. The molecule has 0 bridgehead atoms. The highest BCUT2D eigenvalue weighted by Crippen LogP contribution is 2.33. The van der Waals surface area contributed by atoms with Gasteiger partial charge in [0.05, 0.1) is 11.3 Å². The fraction of sp³-hybridized carbons (Fsp3) is 0.211. The largest absolute Gasteiger partial charge is 0.337 e. The van der Waals surface area contributed by atoms with Crippen molar-refractivity contribution in [3.8, 4) is 11.4 Å². The van der Waals surface area contributed by atoms with Crippen LogP contribution in [-0.4, -0.2) is 27.6 Å². The predicted molar refractivity (Wildman–Crippen MR) is 101 cm³/mol. The van der Waals surface area contributed by atoms with Gasteiger partial charge in [-0.15, -0.1) is 0 Å².